The first-order chi connectivity index (χ1) is 19.3. The van der Waals surface area contributed by atoms with Gasteiger partial charge in [-0.15, -0.1) is 0 Å². The van der Waals surface area contributed by atoms with E-state index in [0.29, 0.717) is 45.6 Å². The number of thiazole rings is 1. The Balaban J connectivity index is 1.47. The predicted molar refractivity (Wildman–Crippen MR) is 156 cm³/mol. The van der Waals surface area contributed by atoms with Crippen molar-refractivity contribution in [3.05, 3.63) is 87.9 Å². The fourth-order valence-electron chi connectivity index (χ4n) is 5.14. The zero-order valence-electron chi connectivity index (χ0n) is 22.0. The Labute approximate surface area is 240 Å². The van der Waals surface area contributed by atoms with Gasteiger partial charge in [0, 0.05) is 17.0 Å². The standard InChI is InChI=1S/C31H27ClN2O5S/c1-3-4-13-38-22-9-5-18(6-10-22)27-26(28(35)19-7-12-24-20(15-19)14-17(2)39-24)29(36)30(37)34(27)31-33-23-11-8-21(32)16-25(23)40-31/h5-12,15-17,27,35H,3-4,13-14H2,1-2H3/b28-26+/t17-,27-/m0/s1. The van der Waals surface area contributed by atoms with Crippen molar-refractivity contribution in [1.82, 2.24) is 4.98 Å². The molecule has 0 spiro atoms. The van der Waals surface area contributed by atoms with E-state index in [-0.39, 0.29) is 17.4 Å². The maximum absolute atomic E-state index is 13.6. The summed E-state index contributed by atoms with van der Waals surface area (Å²) < 4.78 is 12.4. The largest absolute Gasteiger partial charge is 0.507 e. The number of carbonyl (C=O) groups excluding carboxylic acids is 2. The molecule has 9 heteroatoms. The SMILES string of the molecule is CCCCOc1ccc([C@H]2/C(=C(\O)c3ccc4c(c3)C[C@H](C)O4)C(=O)C(=O)N2c2nc3ccc(Cl)cc3s2)cc1. The van der Waals surface area contributed by atoms with E-state index in [0.717, 1.165) is 28.9 Å². The van der Waals surface area contributed by atoms with Crippen LogP contribution in [0.5, 0.6) is 11.5 Å². The van der Waals surface area contributed by atoms with Crippen molar-refractivity contribution in [1.29, 1.82) is 0 Å². The van der Waals surface area contributed by atoms with Crippen LogP contribution in [0.3, 0.4) is 0 Å². The molecule has 3 heterocycles. The summed E-state index contributed by atoms with van der Waals surface area (Å²) in [5.74, 6) is -0.309. The number of hydrogen-bond acceptors (Lipinski definition) is 7. The van der Waals surface area contributed by atoms with E-state index in [1.54, 1.807) is 30.3 Å². The number of ketones is 1. The number of Topliss-reactive ketones (excluding diaryl/α,β-unsaturated/α-hetero) is 1. The summed E-state index contributed by atoms with van der Waals surface area (Å²) in [7, 11) is 0. The van der Waals surface area contributed by atoms with Crippen molar-refractivity contribution in [2.75, 3.05) is 11.5 Å². The van der Waals surface area contributed by atoms with Gasteiger partial charge < -0.3 is 14.6 Å². The van der Waals surface area contributed by atoms with E-state index in [1.165, 1.54) is 16.2 Å². The number of carbonyl (C=O) groups is 2. The maximum atomic E-state index is 13.6. The van der Waals surface area contributed by atoms with Crippen molar-refractivity contribution in [3.63, 3.8) is 0 Å². The molecule has 0 saturated carbocycles. The first kappa shape index (κ1) is 26.3. The Hall–Kier alpha value is -3.88. The van der Waals surface area contributed by atoms with Crippen LogP contribution < -0.4 is 14.4 Å². The van der Waals surface area contributed by atoms with E-state index < -0.39 is 17.7 Å². The molecule has 40 heavy (non-hydrogen) atoms. The molecule has 6 rings (SSSR count). The van der Waals surface area contributed by atoms with Gasteiger partial charge in [-0.25, -0.2) is 4.98 Å². The molecule has 204 valence electrons. The highest BCUT2D eigenvalue weighted by molar-refractivity contribution is 7.22. The predicted octanol–water partition coefficient (Wildman–Crippen LogP) is 7.08. The average molecular weight is 575 g/mol. The average Bonchev–Trinajstić information content (AvgIpc) is 3.60. The van der Waals surface area contributed by atoms with Crippen LogP contribution in [0.15, 0.2) is 66.2 Å². The van der Waals surface area contributed by atoms with Gasteiger partial charge in [0.05, 0.1) is 28.4 Å². The van der Waals surface area contributed by atoms with Crippen molar-refractivity contribution in [2.45, 2.75) is 45.3 Å². The molecule has 2 aliphatic rings. The molecule has 2 aliphatic heterocycles. The lowest BCUT2D eigenvalue weighted by atomic mass is 9.94. The molecule has 1 saturated heterocycles. The van der Waals surface area contributed by atoms with E-state index in [4.69, 9.17) is 21.1 Å². The van der Waals surface area contributed by atoms with Crippen LogP contribution in [-0.2, 0) is 16.0 Å². The minimum Gasteiger partial charge on any atom is -0.507 e. The molecule has 1 amide bonds. The molecular weight excluding hydrogens is 548 g/mol. The molecule has 7 nitrogen and oxygen atoms in total. The topological polar surface area (TPSA) is 89.0 Å². The number of aliphatic hydroxyl groups is 1. The molecule has 1 aromatic heterocycles. The number of anilines is 1. The van der Waals surface area contributed by atoms with Gasteiger partial charge in [-0.05, 0) is 73.0 Å². The van der Waals surface area contributed by atoms with Crippen LogP contribution in [0, 0.1) is 0 Å². The Morgan fingerprint density at radius 2 is 1.95 bits per heavy atom. The number of hydrogen-bond donors (Lipinski definition) is 1. The lowest BCUT2D eigenvalue weighted by Crippen LogP contribution is -2.29. The van der Waals surface area contributed by atoms with Gasteiger partial charge >= 0.3 is 5.91 Å². The van der Waals surface area contributed by atoms with Crippen LogP contribution in [0.2, 0.25) is 5.02 Å². The number of aliphatic hydroxyl groups excluding tert-OH is 1. The van der Waals surface area contributed by atoms with Gasteiger partial charge in [0.25, 0.3) is 5.78 Å². The van der Waals surface area contributed by atoms with Crippen LogP contribution in [0.4, 0.5) is 5.13 Å². The summed E-state index contributed by atoms with van der Waals surface area (Å²) in [4.78, 5) is 33.2. The summed E-state index contributed by atoms with van der Waals surface area (Å²) >= 11 is 7.46. The van der Waals surface area contributed by atoms with Gasteiger partial charge in [0.15, 0.2) is 5.13 Å². The number of unbranched alkanes of at least 4 members (excludes halogenated alkanes) is 1. The molecule has 1 N–H and O–H groups in total. The molecule has 0 radical (unpaired) electrons. The van der Waals surface area contributed by atoms with Crippen molar-refractivity contribution in [3.8, 4) is 11.5 Å². The second-order valence-corrected chi connectivity index (χ2v) is 11.4. The quantitative estimate of drug-likeness (QED) is 0.110. The first-order valence-corrected chi connectivity index (χ1v) is 14.4. The van der Waals surface area contributed by atoms with Gasteiger partial charge in [-0.2, -0.15) is 0 Å². The number of halogens is 1. The molecule has 0 unspecified atom stereocenters. The Kier molecular flexibility index (Phi) is 6.98. The number of benzene rings is 3. The highest BCUT2D eigenvalue weighted by Gasteiger charge is 2.48. The monoisotopic (exact) mass is 574 g/mol. The van der Waals surface area contributed by atoms with Crippen molar-refractivity contribution >= 4 is 55.7 Å². The summed E-state index contributed by atoms with van der Waals surface area (Å²) in [5, 5.41) is 12.5. The van der Waals surface area contributed by atoms with Crippen molar-refractivity contribution in [2.24, 2.45) is 0 Å². The maximum Gasteiger partial charge on any atom is 0.301 e. The molecule has 4 aromatic rings. The molecular formula is C31H27ClN2O5S. The second-order valence-electron chi connectivity index (χ2n) is 10.0. The smallest absolute Gasteiger partial charge is 0.301 e. The third kappa shape index (κ3) is 4.71. The number of aromatic nitrogens is 1. The third-order valence-corrected chi connectivity index (χ3v) is 8.37. The van der Waals surface area contributed by atoms with Crippen LogP contribution in [0.1, 0.15) is 49.4 Å². The summed E-state index contributed by atoms with van der Waals surface area (Å²) in [5.41, 5.74) is 2.72. The zero-order chi connectivity index (χ0) is 28.0. The van der Waals surface area contributed by atoms with Crippen LogP contribution >= 0.6 is 22.9 Å². The van der Waals surface area contributed by atoms with Crippen LogP contribution in [-0.4, -0.2) is 34.5 Å². The zero-order valence-corrected chi connectivity index (χ0v) is 23.6. The summed E-state index contributed by atoms with van der Waals surface area (Å²) in [6, 6.07) is 17.0. The fraction of sp³-hybridized carbons (Fsp3) is 0.258. The number of rotatable bonds is 7. The van der Waals surface area contributed by atoms with E-state index in [1.807, 2.05) is 37.3 Å². The fourth-order valence-corrected chi connectivity index (χ4v) is 6.41. The van der Waals surface area contributed by atoms with Gasteiger partial charge in [0.2, 0.25) is 0 Å². The van der Waals surface area contributed by atoms with E-state index >= 15 is 0 Å². The van der Waals surface area contributed by atoms with Gasteiger partial charge in [-0.1, -0.05) is 48.4 Å². The number of amides is 1. The number of nitrogens with zero attached hydrogens (tertiary/aromatic N) is 2. The molecule has 2 atom stereocenters. The minimum absolute atomic E-state index is 0.00820. The first-order valence-electron chi connectivity index (χ1n) is 13.2. The Morgan fingerprint density at radius 1 is 1.15 bits per heavy atom. The molecule has 0 bridgehead atoms. The summed E-state index contributed by atoms with van der Waals surface area (Å²) in [6.45, 7) is 4.68. The number of fused-ring (bicyclic) bond motifs is 2. The lowest BCUT2D eigenvalue weighted by molar-refractivity contribution is -0.132. The van der Waals surface area contributed by atoms with Gasteiger partial charge in [-0.3, -0.25) is 14.5 Å². The molecule has 0 aliphatic carbocycles. The van der Waals surface area contributed by atoms with Gasteiger partial charge in [0.1, 0.15) is 23.4 Å². The lowest BCUT2D eigenvalue weighted by Gasteiger charge is -2.23. The third-order valence-electron chi connectivity index (χ3n) is 7.12. The summed E-state index contributed by atoms with van der Waals surface area (Å²) in [6.07, 6.45) is 2.69. The molecule has 3 aromatic carbocycles. The highest BCUT2D eigenvalue weighted by atomic mass is 35.5. The Morgan fingerprint density at radius 3 is 2.73 bits per heavy atom. The number of ether oxygens (including phenoxy) is 2. The minimum atomic E-state index is -0.885. The van der Waals surface area contributed by atoms with Crippen molar-refractivity contribution < 1.29 is 24.2 Å². The van der Waals surface area contributed by atoms with E-state index in [9.17, 15) is 14.7 Å². The Bertz CT molecular complexity index is 1660. The highest BCUT2D eigenvalue weighted by Crippen LogP contribution is 2.45. The van der Waals surface area contributed by atoms with Crippen LogP contribution in [0.25, 0.3) is 16.0 Å². The molecule has 1 fully saturated rings. The van der Waals surface area contributed by atoms with E-state index in [2.05, 4.69) is 11.9 Å². The second kappa shape index (κ2) is 10.6. The normalized spacial score (nSPS) is 19.7.